The van der Waals surface area contributed by atoms with Crippen LogP contribution in [0.2, 0.25) is 0 Å². The van der Waals surface area contributed by atoms with Gasteiger partial charge in [-0.3, -0.25) is 0 Å². The molecule has 0 unspecified atom stereocenters. The summed E-state index contributed by atoms with van der Waals surface area (Å²) < 4.78 is 1.96. The summed E-state index contributed by atoms with van der Waals surface area (Å²) in [6.07, 6.45) is 5.44. The summed E-state index contributed by atoms with van der Waals surface area (Å²) in [5.41, 5.74) is 7.78. The average Bonchev–Trinajstić information content (AvgIpc) is 2.71. The van der Waals surface area contributed by atoms with Crippen molar-refractivity contribution in [3.8, 4) is 5.69 Å². The quantitative estimate of drug-likeness (QED) is 0.744. The zero-order valence-corrected chi connectivity index (χ0v) is 7.22. The maximum absolute atomic E-state index is 5.55. The van der Waals surface area contributed by atoms with Gasteiger partial charge in [0.25, 0.3) is 0 Å². The third-order valence-electron chi connectivity index (χ3n) is 1.95. The maximum Gasteiger partial charge on any atom is 0.0991 e. The third kappa shape index (κ3) is 1.60. The highest BCUT2D eigenvalue weighted by Crippen LogP contribution is 2.09. The molecule has 0 radical (unpaired) electrons. The minimum absolute atomic E-state index is 0.572. The minimum atomic E-state index is 0.572. The van der Waals surface area contributed by atoms with Gasteiger partial charge in [0.15, 0.2) is 0 Å². The molecule has 0 bridgehead atoms. The van der Waals surface area contributed by atoms with E-state index in [-0.39, 0.29) is 0 Å². The molecule has 0 spiro atoms. The van der Waals surface area contributed by atoms with Crippen LogP contribution in [-0.2, 0) is 6.54 Å². The highest BCUT2D eigenvalue weighted by atomic mass is 15.0. The second kappa shape index (κ2) is 3.41. The van der Waals surface area contributed by atoms with Gasteiger partial charge in [-0.05, 0) is 17.7 Å². The summed E-state index contributed by atoms with van der Waals surface area (Å²) in [5.74, 6) is 0. The van der Waals surface area contributed by atoms with E-state index in [9.17, 15) is 0 Å². The zero-order valence-electron chi connectivity index (χ0n) is 7.22. The third-order valence-corrected chi connectivity index (χ3v) is 1.95. The standard InChI is InChI=1S/C10H11N3/c11-7-9-2-1-3-10(6-9)13-5-4-12-8-13/h1-6,8H,7,11H2. The predicted octanol–water partition coefficient (Wildman–Crippen LogP) is 1.33. The van der Waals surface area contributed by atoms with Crippen molar-refractivity contribution in [2.45, 2.75) is 6.54 Å². The number of hydrogen-bond acceptors (Lipinski definition) is 2. The Morgan fingerprint density at radius 1 is 1.38 bits per heavy atom. The van der Waals surface area contributed by atoms with Gasteiger partial charge in [0.2, 0.25) is 0 Å². The van der Waals surface area contributed by atoms with Crippen LogP contribution in [0.25, 0.3) is 5.69 Å². The monoisotopic (exact) mass is 173 g/mol. The Hall–Kier alpha value is -1.61. The number of imidazole rings is 1. The molecule has 2 aromatic rings. The van der Waals surface area contributed by atoms with Crippen molar-refractivity contribution in [3.05, 3.63) is 48.5 Å². The Bertz CT molecular complexity index is 379. The second-order valence-corrected chi connectivity index (χ2v) is 2.84. The molecule has 0 aliphatic heterocycles. The number of rotatable bonds is 2. The summed E-state index contributed by atoms with van der Waals surface area (Å²) in [7, 11) is 0. The average molecular weight is 173 g/mol. The van der Waals surface area contributed by atoms with Crippen LogP contribution in [0, 0.1) is 0 Å². The van der Waals surface area contributed by atoms with Crippen molar-refractivity contribution in [1.29, 1.82) is 0 Å². The SMILES string of the molecule is NCc1cccc(-n2ccnc2)c1. The van der Waals surface area contributed by atoms with Crippen LogP contribution in [0.4, 0.5) is 0 Å². The van der Waals surface area contributed by atoms with Crippen LogP contribution in [-0.4, -0.2) is 9.55 Å². The summed E-state index contributed by atoms with van der Waals surface area (Å²) in [4.78, 5) is 3.99. The summed E-state index contributed by atoms with van der Waals surface area (Å²) in [5, 5.41) is 0. The molecule has 3 heteroatoms. The maximum atomic E-state index is 5.55. The Morgan fingerprint density at radius 3 is 3.00 bits per heavy atom. The van der Waals surface area contributed by atoms with Gasteiger partial charge < -0.3 is 10.3 Å². The van der Waals surface area contributed by atoms with Crippen LogP contribution >= 0.6 is 0 Å². The van der Waals surface area contributed by atoms with Crippen LogP contribution in [0.15, 0.2) is 43.0 Å². The largest absolute Gasteiger partial charge is 0.326 e. The van der Waals surface area contributed by atoms with E-state index in [1.54, 1.807) is 12.5 Å². The van der Waals surface area contributed by atoms with E-state index in [4.69, 9.17) is 5.73 Å². The molecule has 0 saturated heterocycles. The topological polar surface area (TPSA) is 43.8 Å². The lowest BCUT2D eigenvalue weighted by Gasteiger charge is -2.03. The molecule has 1 aromatic carbocycles. The fourth-order valence-electron chi connectivity index (χ4n) is 1.26. The molecule has 0 aliphatic rings. The minimum Gasteiger partial charge on any atom is -0.326 e. The molecule has 13 heavy (non-hydrogen) atoms. The normalized spacial score (nSPS) is 10.2. The van der Waals surface area contributed by atoms with E-state index in [2.05, 4.69) is 11.1 Å². The Morgan fingerprint density at radius 2 is 2.31 bits per heavy atom. The molecule has 0 aliphatic carbocycles. The molecule has 0 atom stereocenters. The molecule has 2 rings (SSSR count). The van der Waals surface area contributed by atoms with E-state index < -0.39 is 0 Å². The van der Waals surface area contributed by atoms with E-state index >= 15 is 0 Å². The van der Waals surface area contributed by atoms with Crippen molar-refractivity contribution >= 4 is 0 Å². The number of benzene rings is 1. The molecule has 0 fully saturated rings. The van der Waals surface area contributed by atoms with Crippen molar-refractivity contribution in [1.82, 2.24) is 9.55 Å². The van der Waals surface area contributed by atoms with Gasteiger partial charge in [-0.1, -0.05) is 12.1 Å². The Kier molecular flexibility index (Phi) is 2.10. The van der Waals surface area contributed by atoms with Gasteiger partial charge in [-0.15, -0.1) is 0 Å². The zero-order chi connectivity index (χ0) is 9.10. The Labute approximate surface area is 76.8 Å². The predicted molar refractivity (Wildman–Crippen MR) is 51.5 cm³/mol. The lowest BCUT2D eigenvalue weighted by Crippen LogP contribution is -1.98. The van der Waals surface area contributed by atoms with E-state index in [1.807, 2.05) is 29.0 Å². The molecular weight excluding hydrogens is 162 g/mol. The molecule has 1 aromatic heterocycles. The smallest absolute Gasteiger partial charge is 0.0991 e. The van der Waals surface area contributed by atoms with E-state index in [0.717, 1.165) is 11.3 Å². The summed E-state index contributed by atoms with van der Waals surface area (Å²) >= 11 is 0. The first-order chi connectivity index (χ1) is 6.40. The Balaban J connectivity index is 2.41. The first-order valence-corrected chi connectivity index (χ1v) is 4.17. The fraction of sp³-hybridized carbons (Fsp3) is 0.100. The summed E-state index contributed by atoms with van der Waals surface area (Å²) in [6, 6.07) is 8.10. The summed E-state index contributed by atoms with van der Waals surface area (Å²) in [6.45, 7) is 0.572. The van der Waals surface area contributed by atoms with Gasteiger partial charge in [0, 0.05) is 24.6 Å². The first kappa shape index (κ1) is 8.01. The van der Waals surface area contributed by atoms with Crippen LogP contribution in [0.1, 0.15) is 5.56 Å². The second-order valence-electron chi connectivity index (χ2n) is 2.84. The first-order valence-electron chi connectivity index (χ1n) is 4.17. The number of nitrogens with two attached hydrogens (primary N) is 1. The van der Waals surface area contributed by atoms with Gasteiger partial charge in [0.05, 0.1) is 6.33 Å². The molecular formula is C10H11N3. The molecule has 0 amide bonds. The molecule has 3 nitrogen and oxygen atoms in total. The lowest BCUT2D eigenvalue weighted by molar-refractivity contribution is 1.02. The van der Waals surface area contributed by atoms with Crippen LogP contribution in [0.5, 0.6) is 0 Å². The fourth-order valence-corrected chi connectivity index (χ4v) is 1.26. The van der Waals surface area contributed by atoms with Crippen LogP contribution < -0.4 is 5.73 Å². The number of nitrogens with zero attached hydrogens (tertiary/aromatic N) is 2. The molecule has 1 heterocycles. The van der Waals surface area contributed by atoms with E-state index in [0.29, 0.717) is 6.54 Å². The van der Waals surface area contributed by atoms with Crippen molar-refractivity contribution in [2.75, 3.05) is 0 Å². The lowest BCUT2D eigenvalue weighted by atomic mass is 10.2. The van der Waals surface area contributed by atoms with Gasteiger partial charge >= 0.3 is 0 Å². The van der Waals surface area contributed by atoms with Crippen molar-refractivity contribution in [2.24, 2.45) is 5.73 Å². The molecule has 66 valence electrons. The highest BCUT2D eigenvalue weighted by molar-refractivity contribution is 5.35. The molecule has 2 N–H and O–H groups in total. The highest BCUT2D eigenvalue weighted by Gasteiger charge is 1.95. The van der Waals surface area contributed by atoms with Gasteiger partial charge in [-0.2, -0.15) is 0 Å². The van der Waals surface area contributed by atoms with Crippen molar-refractivity contribution in [3.63, 3.8) is 0 Å². The van der Waals surface area contributed by atoms with Crippen LogP contribution in [0.3, 0.4) is 0 Å². The van der Waals surface area contributed by atoms with Crippen molar-refractivity contribution < 1.29 is 0 Å². The number of aromatic nitrogens is 2. The van der Waals surface area contributed by atoms with E-state index in [1.165, 1.54) is 0 Å². The van der Waals surface area contributed by atoms with Gasteiger partial charge in [0.1, 0.15) is 0 Å². The molecule has 0 saturated carbocycles. The number of hydrogen-bond donors (Lipinski definition) is 1. The van der Waals surface area contributed by atoms with Gasteiger partial charge in [-0.25, -0.2) is 4.98 Å².